The number of anilines is 3. The van der Waals surface area contributed by atoms with Crippen molar-refractivity contribution < 1.29 is 35.9 Å². The van der Waals surface area contributed by atoms with Crippen molar-refractivity contribution in [2.45, 2.75) is 51.0 Å². The van der Waals surface area contributed by atoms with Crippen molar-refractivity contribution in [1.29, 1.82) is 0 Å². The summed E-state index contributed by atoms with van der Waals surface area (Å²) < 4.78 is 81.1. The molecule has 1 atom stereocenters. The summed E-state index contributed by atoms with van der Waals surface area (Å²) in [6.45, 7) is 0.199. The summed E-state index contributed by atoms with van der Waals surface area (Å²) in [5.41, 5.74) is 4.17. The first-order valence-corrected chi connectivity index (χ1v) is 9.80. The number of carbonyl (C=O) groups excluding carboxylic acids is 1. The molecule has 0 fully saturated rings. The second kappa shape index (κ2) is 11.0. The molecule has 8 nitrogen and oxygen atoms in total. The molecule has 14 heteroatoms. The topological polar surface area (TPSA) is 115 Å². The van der Waals surface area contributed by atoms with Crippen LogP contribution < -0.4 is 21.1 Å². The number of primary amides is 1. The Hall–Kier alpha value is -3.32. The Labute approximate surface area is 185 Å². The third kappa shape index (κ3) is 9.37. The molecule has 0 aliphatic heterocycles. The first-order valence-electron chi connectivity index (χ1n) is 9.80. The molecule has 182 valence electrons. The van der Waals surface area contributed by atoms with Crippen LogP contribution in [0.2, 0.25) is 0 Å². The van der Waals surface area contributed by atoms with Gasteiger partial charge in [0.1, 0.15) is 0 Å². The Bertz CT molecular complexity index is 938. The summed E-state index contributed by atoms with van der Waals surface area (Å²) in [5.74, 6) is -1.05. The van der Waals surface area contributed by atoms with Gasteiger partial charge in [-0.2, -0.15) is 41.3 Å². The van der Waals surface area contributed by atoms with Gasteiger partial charge in [-0.1, -0.05) is 19.4 Å². The molecule has 0 saturated heterocycles. The number of carbonyl (C=O) groups is 1. The highest BCUT2D eigenvalue weighted by atomic mass is 19.4. The Morgan fingerprint density at radius 3 is 2.39 bits per heavy atom. The number of rotatable bonds is 11. The molecule has 4 N–H and O–H groups in total. The van der Waals surface area contributed by atoms with Gasteiger partial charge in [0.15, 0.2) is 6.61 Å². The highest BCUT2D eigenvalue weighted by molar-refractivity contribution is 5.73. The molecule has 2 rings (SSSR count). The number of nitrogens with one attached hydrogen (secondary N) is 2. The average molecular weight is 480 g/mol. The lowest BCUT2D eigenvalue weighted by Gasteiger charge is -2.18. The van der Waals surface area contributed by atoms with E-state index in [1.807, 2.05) is 6.92 Å². The lowest BCUT2D eigenvalue weighted by Crippen LogP contribution is -2.25. The smallest absolute Gasteiger partial charge is 0.422 e. The molecule has 1 amide bonds. The van der Waals surface area contributed by atoms with Crippen LogP contribution in [0.4, 0.5) is 43.9 Å². The van der Waals surface area contributed by atoms with Crippen molar-refractivity contribution in [3.63, 3.8) is 0 Å². The number of amides is 1. The van der Waals surface area contributed by atoms with E-state index in [-0.39, 0.29) is 30.0 Å². The highest BCUT2D eigenvalue weighted by Gasteiger charge is 2.31. The molecule has 1 aromatic carbocycles. The second-order valence-electron chi connectivity index (χ2n) is 7.01. The van der Waals surface area contributed by atoms with Gasteiger partial charge < -0.3 is 21.1 Å². The summed E-state index contributed by atoms with van der Waals surface area (Å²) in [4.78, 5) is 22.6. The number of hydrogen-bond acceptors (Lipinski definition) is 7. The van der Waals surface area contributed by atoms with Crippen LogP contribution >= 0.6 is 0 Å². The zero-order valence-corrected chi connectivity index (χ0v) is 17.4. The summed E-state index contributed by atoms with van der Waals surface area (Å²) >= 11 is 0. The summed E-state index contributed by atoms with van der Waals surface area (Å²) in [6.07, 6.45) is -7.64. The number of nitrogens with zero attached hydrogens (tertiary/aromatic N) is 3. The van der Waals surface area contributed by atoms with Gasteiger partial charge in [-0.25, -0.2) is 0 Å². The van der Waals surface area contributed by atoms with Crippen molar-refractivity contribution in [1.82, 2.24) is 15.0 Å². The lowest BCUT2D eigenvalue weighted by molar-refractivity contribution is -0.154. The van der Waals surface area contributed by atoms with E-state index >= 15 is 0 Å². The number of nitrogens with two attached hydrogens (primary N) is 1. The zero-order valence-electron chi connectivity index (χ0n) is 17.4. The van der Waals surface area contributed by atoms with Crippen molar-refractivity contribution in [3.05, 3.63) is 29.8 Å². The molecule has 1 unspecified atom stereocenters. The highest BCUT2D eigenvalue weighted by Crippen LogP contribution is 2.31. The van der Waals surface area contributed by atoms with Crippen LogP contribution in [0.25, 0.3) is 0 Å². The third-order valence-electron chi connectivity index (χ3n) is 4.14. The van der Waals surface area contributed by atoms with Crippen LogP contribution in [-0.2, 0) is 11.0 Å². The Balaban J connectivity index is 2.31. The van der Waals surface area contributed by atoms with Gasteiger partial charge in [-0.15, -0.1) is 0 Å². The summed E-state index contributed by atoms with van der Waals surface area (Å²) in [6, 6.07) is 3.06. The fourth-order valence-electron chi connectivity index (χ4n) is 2.73. The molecule has 2 aromatic rings. The molecule has 0 radical (unpaired) electrons. The fourth-order valence-corrected chi connectivity index (χ4v) is 2.73. The maximum Gasteiger partial charge on any atom is 0.422 e. The lowest BCUT2D eigenvalue weighted by atomic mass is 10.1. The normalized spacial score (nSPS) is 12.8. The van der Waals surface area contributed by atoms with Gasteiger partial charge >= 0.3 is 18.4 Å². The minimum atomic E-state index is -4.67. The first-order chi connectivity index (χ1) is 15.4. The van der Waals surface area contributed by atoms with Gasteiger partial charge in [0.25, 0.3) is 0 Å². The molecular formula is C19H22F6N6O2. The van der Waals surface area contributed by atoms with E-state index in [4.69, 9.17) is 5.73 Å². The third-order valence-corrected chi connectivity index (χ3v) is 4.14. The molecule has 0 spiro atoms. The minimum Gasteiger partial charge on any atom is -0.454 e. The molecule has 0 aliphatic carbocycles. The van der Waals surface area contributed by atoms with E-state index in [0.717, 1.165) is 18.2 Å². The number of halogens is 6. The van der Waals surface area contributed by atoms with E-state index in [0.29, 0.717) is 19.3 Å². The Morgan fingerprint density at radius 2 is 1.79 bits per heavy atom. The number of aromatic nitrogens is 3. The average Bonchev–Trinajstić information content (AvgIpc) is 2.69. The number of hydrogen-bond donors (Lipinski definition) is 3. The van der Waals surface area contributed by atoms with Crippen molar-refractivity contribution in [2.24, 2.45) is 5.73 Å². The maximum absolute atomic E-state index is 13.0. The molecule has 33 heavy (non-hydrogen) atoms. The van der Waals surface area contributed by atoms with E-state index in [9.17, 15) is 31.1 Å². The number of ether oxygens (including phenoxy) is 1. The van der Waals surface area contributed by atoms with Gasteiger partial charge in [0, 0.05) is 18.2 Å². The standard InChI is InChI=1S/C19H22F6N6O2/c1-2-4-12(7-8-14(26)32)27-15-29-16(31-17(30-15)33-10-18(20,21)22)28-13-6-3-5-11(9-13)19(23,24)25/h3,5-6,9,12H,2,4,7-8,10H2,1H3,(H2,26,32)(H2,27,28,29,30,31). The summed E-state index contributed by atoms with van der Waals surface area (Å²) in [7, 11) is 0. The monoisotopic (exact) mass is 480 g/mol. The predicted molar refractivity (Wildman–Crippen MR) is 107 cm³/mol. The van der Waals surface area contributed by atoms with Gasteiger partial charge in [0.05, 0.1) is 5.56 Å². The van der Waals surface area contributed by atoms with E-state index < -0.39 is 36.4 Å². The number of alkyl halides is 6. The molecular weight excluding hydrogens is 458 g/mol. The minimum absolute atomic E-state index is 0.0511. The molecule has 0 aliphatic rings. The number of benzene rings is 1. The SMILES string of the molecule is CCCC(CCC(N)=O)Nc1nc(Nc2cccc(C(F)(F)F)c2)nc(OCC(F)(F)F)n1. The van der Waals surface area contributed by atoms with Crippen LogP contribution in [0.1, 0.15) is 38.2 Å². The summed E-state index contributed by atoms with van der Waals surface area (Å²) in [5, 5.41) is 5.40. The van der Waals surface area contributed by atoms with Crippen molar-refractivity contribution in [2.75, 3.05) is 17.2 Å². The van der Waals surface area contributed by atoms with Crippen LogP contribution in [0.3, 0.4) is 0 Å². The predicted octanol–water partition coefficient (Wildman–Crippen LogP) is 4.42. The van der Waals surface area contributed by atoms with E-state index in [1.165, 1.54) is 6.07 Å². The van der Waals surface area contributed by atoms with E-state index in [2.05, 4.69) is 30.3 Å². The first kappa shape index (κ1) is 25.9. The Kier molecular flexibility index (Phi) is 8.65. The largest absolute Gasteiger partial charge is 0.454 e. The van der Waals surface area contributed by atoms with Crippen molar-refractivity contribution >= 4 is 23.5 Å². The molecule has 0 saturated carbocycles. The van der Waals surface area contributed by atoms with Crippen molar-refractivity contribution in [3.8, 4) is 6.01 Å². The molecule has 1 aromatic heterocycles. The zero-order chi connectivity index (χ0) is 24.6. The molecule has 0 bridgehead atoms. The van der Waals surface area contributed by atoms with Crippen LogP contribution in [0.5, 0.6) is 6.01 Å². The Morgan fingerprint density at radius 1 is 1.09 bits per heavy atom. The van der Waals surface area contributed by atoms with Crippen LogP contribution in [-0.4, -0.2) is 39.7 Å². The van der Waals surface area contributed by atoms with Gasteiger partial charge in [-0.3, -0.25) is 4.79 Å². The maximum atomic E-state index is 13.0. The quantitative estimate of drug-likeness (QED) is 0.408. The van der Waals surface area contributed by atoms with Crippen LogP contribution in [0.15, 0.2) is 24.3 Å². The molecule has 1 heterocycles. The second-order valence-corrected chi connectivity index (χ2v) is 7.01. The van der Waals surface area contributed by atoms with E-state index in [1.54, 1.807) is 0 Å². The fraction of sp³-hybridized carbons (Fsp3) is 0.474. The van der Waals surface area contributed by atoms with Gasteiger partial charge in [-0.05, 0) is 31.0 Å². The van der Waals surface area contributed by atoms with Gasteiger partial charge in [0.2, 0.25) is 17.8 Å². The van der Waals surface area contributed by atoms with Crippen LogP contribution in [0, 0.1) is 0 Å².